The molecule has 0 aromatic heterocycles. The minimum absolute atomic E-state index is 0.406. The third kappa shape index (κ3) is 1.86. The Labute approximate surface area is 107 Å². The molecule has 0 spiro atoms. The van der Waals surface area contributed by atoms with Crippen LogP contribution >= 0.6 is 0 Å². The molecule has 0 saturated carbocycles. The molecule has 1 atom stereocenters. The number of rotatable bonds is 2. The Kier molecular flexibility index (Phi) is 2.96. The quantitative estimate of drug-likeness (QED) is 0.831. The molecule has 18 heavy (non-hydrogen) atoms. The molecule has 1 saturated heterocycles. The van der Waals surface area contributed by atoms with Crippen molar-refractivity contribution in [3.63, 3.8) is 0 Å². The van der Waals surface area contributed by atoms with Gasteiger partial charge in [0.1, 0.15) is 0 Å². The van der Waals surface area contributed by atoms with Crippen molar-refractivity contribution in [3.05, 3.63) is 29.3 Å². The second-order valence-electron chi connectivity index (χ2n) is 5.06. The highest BCUT2D eigenvalue weighted by Crippen LogP contribution is 2.33. The molecule has 1 aromatic carbocycles. The first-order chi connectivity index (χ1) is 8.77. The zero-order chi connectivity index (χ0) is 12.5. The molecule has 0 radical (unpaired) electrons. The van der Waals surface area contributed by atoms with Crippen LogP contribution in [0.4, 0.5) is 5.69 Å². The molecule has 96 valence electrons. The molecule has 4 heteroatoms. The zero-order valence-electron chi connectivity index (χ0n) is 10.4. The van der Waals surface area contributed by atoms with Gasteiger partial charge in [0.2, 0.25) is 0 Å². The Morgan fingerprint density at radius 2 is 2.11 bits per heavy atom. The normalized spacial score (nSPS) is 22.9. The molecule has 4 nitrogen and oxygen atoms in total. The van der Waals surface area contributed by atoms with Crippen molar-refractivity contribution in [3.8, 4) is 0 Å². The Hall–Kier alpha value is -1.55. The molecule has 3 rings (SSSR count). The molecule has 0 bridgehead atoms. The average Bonchev–Trinajstić information content (AvgIpc) is 2.91. The van der Waals surface area contributed by atoms with E-state index in [0.29, 0.717) is 6.54 Å². The van der Waals surface area contributed by atoms with Gasteiger partial charge in [0.15, 0.2) is 0 Å². The van der Waals surface area contributed by atoms with Crippen LogP contribution in [0, 0.1) is 0 Å². The van der Waals surface area contributed by atoms with Crippen LogP contribution in [0.2, 0.25) is 0 Å². The van der Waals surface area contributed by atoms with Gasteiger partial charge in [-0.1, -0.05) is 12.1 Å². The molecule has 1 fully saturated rings. The SMILES string of the molecule is O=C(O)C1CNCc2c1cccc2N1CCCC1. The summed E-state index contributed by atoms with van der Waals surface area (Å²) in [4.78, 5) is 13.7. The molecular weight excluding hydrogens is 228 g/mol. The van der Waals surface area contributed by atoms with Gasteiger partial charge in [-0.2, -0.15) is 0 Å². The minimum atomic E-state index is -0.734. The predicted octanol–water partition coefficient (Wildman–Crippen LogP) is 1.56. The van der Waals surface area contributed by atoms with E-state index in [9.17, 15) is 9.90 Å². The summed E-state index contributed by atoms with van der Waals surface area (Å²) in [5.41, 5.74) is 3.40. The van der Waals surface area contributed by atoms with Gasteiger partial charge in [0.25, 0.3) is 0 Å². The first-order valence-electron chi connectivity index (χ1n) is 6.57. The van der Waals surface area contributed by atoms with E-state index in [2.05, 4.69) is 16.3 Å². The van der Waals surface area contributed by atoms with Gasteiger partial charge in [-0.15, -0.1) is 0 Å². The van der Waals surface area contributed by atoms with Crippen LogP contribution in [0.1, 0.15) is 29.9 Å². The van der Waals surface area contributed by atoms with Crippen LogP contribution in [-0.4, -0.2) is 30.7 Å². The molecule has 2 heterocycles. The van der Waals surface area contributed by atoms with Crippen LogP contribution in [0.3, 0.4) is 0 Å². The minimum Gasteiger partial charge on any atom is -0.481 e. The number of carboxylic acid groups (broad SMARTS) is 1. The Morgan fingerprint density at radius 1 is 1.33 bits per heavy atom. The van der Waals surface area contributed by atoms with E-state index in [1.807, 2.05) is 12.1 Å². The fraction of sp³-hybridized carbons (Fsp3) is 0.500. The molecule has 0 aliphatic carbocycles. The van der Waals surface area contributed by atoms with Crippen molar-refractivity contribution in [2.45, 2.75) is 25.3 Å². The van der Waals surface area contributed by atoms with Crippen molar-refractivity contribution >= 4 is 11.7 Å². The summed E-state index contributed by atoms with van der Waals surface area (Å²) >= 11 is 0. The maximum atomic E-state index is 11.3. The van der Waals surface area contributed by atoms with Crippen LogP contribution in [0.15, 0.2) is 18.2 Å². The highest BCUT2D eigenvalue weighted by molar-refractivity contribution is 5.79. The molecule has 1 unspecified atom stereocenters. The Balaban J connectivity index is 2.02. The summed E-state index contributed by atoms with van der Waals surface area (Å²) in [6.07, 6.45) is 2.47. The summed E-state index contributed by atoms with van der Waals surface area (Å²) in [7, 11) is 0. The van der Waals surface area contributed by atoms with E-state index in [4.69, 9.17) is 0 Å². The van der Waals surface area contributed by atoms with Crippen molar-refractivity contribution in [2.24, 2.45) is 0 Å². The second-order valence-corrected chi connectivity index (χ2v) is 5.06. The summed E-state index contributed by atoms with van der Waals surface area (Å²) < 4.78 is 0. The lowest BCUT2D eigenvalue weighted by Gasteiger charge is -2.29. The van der Waals surface area contributed by atoms with E-state index in [0.717, 1.165) is 25.2 Å². The van der Waals surface area contributed by atoms with Gasteiger partial charge in [-0.3, -0.25) is 4.79 Å². The van der Waals surface area contributed by atoms with E-state index < -0.39 is 11.9 Å². The highest BCUT2D eigenvalue weighted by Gasteiger charge is 2.28. The number of nitrogens with zero attached hydrogens (tertiary/aromatic N) is 1. The third-order valence-corrected chi connectivity index (χ3v) is 3.96. The van der Waals surface area contributed by atoms with E-state index in [-0.39, 0.29) is 0 Å². The van der Waals surface area contributed by atoms with Gasteiger partial charge in [-0.05, 0) is 30.0 Å². The zero-order valence-corrected chi connectivity index (χ0v) is 10.4. The van der Waals surface area contributed by atoms with Gasteiger partial charge in [0, 0.05) is 31.9 Å². The number of carbonyl (C=O) groups is 1. The van der Waals surface area contributed by atoms with Crippen LogP contribution in [0.25, 0.3) is 0 Å². The number of aliphatic carboxylic acids is 1. The molecule has 2 aliphatic rings. The first-order valence-corrected chi connectivity index (χ1v) is 6.57. The van der Waals surface area contributed by atoms with Crippen LogP contribution < -0.4 is 10.2 Å². The first kappa shape index (κ1) is 11.5. The smallest absolute Gasteiger partial charge is 0.312 e. The van der Waals surface area contributed by atoms with Crippen LogP contribution in [-0.2, 0) is 11.3 Å². The standard InChI is InChI=1S/C14H18N2O2/c17-14(18)12-9-15-8-11-10(12)4-3-5-13(11)16-6-1-2-7-16/h3-5,12,15H,1-2,6-9H2,(H,17,18). The number of fused-ring (bicyclic) bond motifs is 1. The van der Waals surface area contributed by atoms with Crippen molar-refractivity contribution in [1.82, 2.24) is 5.32 Å². The predicted molar refractivity (Wildman–Crippen MR) is 70.0 cm³/mol. The number of hydrogen-bond donors (Lipinski definition) is 2. The van der Waals surface area contributed by atoms with Crippen molar-refractivity contribution in [2.75, 3.05) is 24.5 Å². The summed E-state index contributed by atoms with van der Waals surface area (Å²) in [6.45, 7) is 3.50. The van der Waals surface area contributed by atoms with Gasteiger partial charge in [0.05, 0.1) is 5.92 Å². The van der Waals surface area contributed by atoms with Gasteiger partial charge >= 0.3 is 5.97 Å². The van der Waals surface area contributed by atoms with Crippen molar-refractivity contribution < 1.29 is 9.90 Å². The lowest BCUT2D eigenvalue weighted by Crippen LogP contribution is -2.34. The summed E-state index contributed by atoms with van der Waals surface area (Å²) in [5, 5.41) is 12.5. The monoisotopic (exact) mass is 246 g/mol. The fourth-order valence-electron chi connectivity index (χ4n) is 3.04. The number of carboxylic acids is 1. The topological polar surface area (TPSA) is 52.6 Å². The number of benzene rings is 1. The molecule has 0 amide bonds. The fourth-order valence-corrected chi connectivity index (χ4v) is 3.04. The number of hydrogen-bond acceptors (Lipinski definition) is 3. The maximum absolute atomic E-state index is 11.3. The lowest BCUT2D eigenvalue weighted by atomic mass is 9.89. The molecule has 2 N–H and O–H groups in total. The van der Waals surface area contributed by atoms with E-state index in [1.165, 1.54) is 24.1 Å². The van der Waals surface area contributed by atoms with E-state index in [1.54, 1.807) is 0 Å². The Bertz CT molecular complexity index is 467. The van der Waals surface area contributed by atoms with Gasteiger partial charge < -0.3 is 15.3 Å². The molecule has 2 aliphatic heterocycles. The highest BCUT2D eigenvalue weighted by atomic mass is 16.4. The van der Waals surface area contributed by atoms with Crippen LogP contribution in [0.5, 0.6) is 0 Å². The largest absolute Gasteiger partial charge is 0.481 e. The maximum Gasteiger partial charge on any atom is 0.312 e. The third-order valence-electron chi connectivity index (χ3n) is 3.96. The molecular formula is C14H18N2O2. The summed E-state index contributed by atoms with van der Waals surface area (Å²) in [6, 6.07) is 6.08. The lowest BCUT2D eigenvalue weighted by molar-refractivity contribution is -0.138. The van der Waals surface area contributed by atoms with E-state index >= 15 is 0 Å². The van der Waals surface area contributed by atoms with Gasteiger partial charge in [-0.25, -0.2) is 0 Å². The molecule has 1 aromatic rings. The second kappa shape index (κ2) is 4.61. The van der Waals surface area contributed by atoms with Crippen molar-refractivity contribution in [1.29, 1.82) is 0 Å². The average molecular weight is 246 g/mol. The number of nitrogens with one attached hydrogen (secondary N) is 1. The Morgan fingerprint density at radius 3 is 2.83 bits per heavy atom. The number of anilines is 1. The summed E-state index contributed by atoms with van der Waals surface area (Å²) in [5.74, 6) is -1.14.